The summed E-state index contributed by atoms with van der Waals surface area (Å²) in [7, 11) is 4.17. The lowest BCUT2D eigenvalue weighted by atomic mass is 9.90. The van der Waals surface area contributed by atoms with Crippen LogP contribution in [0.15, 0.2) is 12.4 Å². The lowest BCUT2D eigenvalue weighted by Gasteiger charge is -2.38. The van der Waals surface area contributed by atoms with Gasteiger partial charge in [0.05, 0.1) is 0 Å². The van der Waals surface area contributed by atoms with Gasteiger partial charge in [-0.15, -0.1) is 0 Å². The van der Waals surface area contributed by atoms with Gasteiger partial charge in [0.25, 0.3) is 0 Å². The van der Waals surface area contributed by atoms with Crippen molar-refractivity contribution in [2.75, 3.05) is 26.7 Å². The largest absolute Gasteiger partial charge is 0.338 e. The molecule has 2 unspecified atom stereocenters. The van der Waals surface area contributed by atoms with Gasteiger partial charge in [-0.05, 0) is 25.9 Å². The summed E-state index contributed by atoms with van der Waals surface area (Å²) in [5.74, 6) is 1.99. The summed E-state index contributed by atoms with van der Waals surface area (Å²) in [6, 6.07) is 0.708. The molecule has 0 aromatic carbocycles. The Morgan fingerprint density at radius 2 is 2.33 bits per heavy atom. The van der Waals surface area contributed by atoms with Gasteiger partial charge in [-0.2, -0.15) is 0 Å². The molecule has 1 fully saturated rings. The zero-order chi connectivity index (χ0) is 13.0. The second-order valence-electron chi connectivity index (χ2n) is 5.36. The van der Waals surface area contributed by atoms with Gasteiger partial charge < -0.3 is 14.8 Å². The molecule has 4 heteroatoms. The molecule has 0 aliphatic carbocycles. The lowest BCUT2D eigenvalue weighted by molar-refractivity contribution is 0.139. The van der Waals surface area contributed by atoms with Crippen LogP contribution in [0, 0.1) is 5.92 Å². The SMILES string of the molecule is CCC1CN(CCc2nccn2C)CCC1NC. The van der Waals surface area contributed by atoms with E-state index in [0.29, 0.717) is 6.04 Å². The zero-order valence-corrected chi connectivity index (χ0v) is 11.9. The minimum atomic E-state index is 0.708. The fourth-order valence-electron chi connectivity index (χ4n) is 3.00. The van der Waals surface area contributed by atoms with Gasteiger partial charge in [0.2, 0.25) is 0 Å². The highest BCUT2D eigenvalue weighted by atomic mass is 15.2. The molecule has 2 atom stereocenters. The fourth-order valence-corrected chi connectivity index (χ4v) is 3.00. The van der Waals surface area contributed by atoms with E-state index >= 15 is 0 Å². The average molecular weight is 250 g/mol. The van der Waals surface area contributed by atoms with Gasteiger partial charge >= 0.3 is 0 Å². The highest BCUT2D eigenvalue weighted by molar-refractivity contribution is 4.93. The molecule has 0 amide bonds. The first-order valence-electron chi connectivity index (χ1n) is 7.10. The van der Waals surface area contributed by atoms with Crippen LogP contribution in [0.4, 0.5) is 0 Å². The molecule has 0 spiro atoms. The Hall–Kier alpha value is -0.870. The lowest BCUT2D eigenvalue weighted by Crippen LogP contribution is -2.48. The second kappa shape index (κ2) is 6.34. The maximum atomic E-state index is 4.39. The van der Waals surface area contributed by atoms with Gasteiger partial charge in [-0.1, -0.05) is 13.3 Å². The highest BCUT2D eigenvalue weighted by Crippen LogP contribution is 2.20. The quantitative estimate of drug-likeness (QED) is 0.854. The average Bonchev–Trinajstić information content (AvgIpc) is 2.81. The first-order valence-corrected chi connectivity index (χ1v) is 7.10. The van der Waals surface area contributed by atoms with Crippen LogP contribution in [0.1, 0.15) is 25.6 Å². The number of aromatic nitrogens is 2. The molecule has 18 heavy (non-hydrogen) atoms. The van der Waals surface area contributed by atoms with Crippen molar-refractivity contribution in [3.63, 3.8) is 0 Å². The van der Waals surface area contributed by atoms with Crippen molar-refractivity contribution < 1.29 is 0 Å². The maximum absolute atomic E-state index is 4.39. The number of imidazole rings is 1. The molecule has 1 saturated heterocycles. The van der Waals surface area contributed by atoms with E-state index < -0.39 is 0 Å². The van der Waals surface area contributed by atoms with Crippen LogP contribution < -0.4 is 5.32 Å². The van der Waals surface area contributed by atoms with Gasteiger partial charge in [0.15, 0.2) is 0 Å². The fraction of sp³-hybridized carbons (Fsp3) is 0.786. The van der Waals surface area contributed by atoms with Crippen molar-refractivity contribution >= 4 is 0 Å². The molecular formula is C14H26N4. The number of nitrogens with one attached hydrogen (secondary N) is 1. The van der Waals surface area contributed by atoms with Crippen LogP contribution in [-0.4, -0.2) is 47.2 Å². The third-order valence-electron chi connectivity index (χ3n) is 4.29. The number of aryl methyl sites for hydroxylation is 1. The van der Waals surface area contributed by atoms with Crippen LogP contribution in [-0.2, 0) is 13.5 Å². The molecule has 1 aliphatic rings. The molecule has 2 heterocycles. The van der Waals surface area contributed by atoms with Crippen molar-refractivity contribution in [2.45, 2.75) is 32.2 Å². The maximum Gasteiger partial charge on any atom is 0.109 e. The Bertz CT molecular complexity index is 360. The number of likely N-dealkylation sites (tertiary alicyclic amines) is 1. The van der Waals surface area contributed by atoms with E-state index in [1.807, 2.05) is 12.4 Å². The summed E-state index contributed by atoms with van der Waals surface area (Å²) in [4.78, 5) is 6.99. The Balaban J connectivity index is 1.82. The summed E-state index contributed by atoms with van der Waals surface area (Å²) in [5.41, 5.74) is 0. The third kappa shape index (κ3) is 3.12. The first kappa shape index (κ1) is 13.6. The van der Waals surface area contributed by atoms with Gasteiger partial charge in [0.1, 0.15) is 5.82 Å². The van der Waals surface area contributed by atoms with E-state index in [2.05, 4.69) is 40.8 Å². The number of rotatable bonds is 5. The van der Waals surface area contributed by atoms with E-state index in [1.54, 1.807) is 0 Å². The normalized spacial score (nSPS) is 25.5. The molecule has 0 bridgehead atoms. The van der Waals surface area contributed by atoms with Crippen LogP contribution in [0.5, 0.6) is 0 Å². The molecule has 1 N–H and O–H groups in total. The Kier molecular flexibility index (Phi) is 4.78. The van der Waals surface area contributed by atoms with Gasteiger partial charge in [-0.3, -0.25) is 0 Å². The molecule has 1 aromatic heterocycles. The summed E-state index contributed by atoms with van der Waals surface area (Å²) in [6.45, 7) is 5.88. The van der Waals surface area contributed by atoms with Crippen LogP contribution in [0.3, 0.4) is 0 Å². The van der Waals surface area contributed by atoms with Crippen molar-refractivity contribution in [3.8, 4) is 0 Å². The minimum Gasteiger partial charge on any atom is -0.338 e. The summed E-state index contributed by atoms with van der Waals surface area (Å²) < 4.78 is 2.12. The molecule has 2 rings (SSSR count). The second-order valence-corrected chi connectivity index (χ2v) is 5.36. The standard InChI is InChI=1S/C14H26N4/c1-4-12-11-18(8-5-13(12)15-2)9-6-14-16-7-10-17(14)3/h7,10,12-13,15H,4-6,8-9,11H2,1-3H3. The highest BCUT2D eigenvalue weighted by Gasteiger charge is 2.26. The van der Waals surface area contributed by atoms with E-state index in [4.69, 9.17) is 0 Å². The molecule has 0 radical (unpaired) electrons. The first-order chi connectivity index (χ1) is 8.74. The predicted molar refractivity (Wildman–Crippen MR) is 74.6 cm³/mol. The Labute approximate surface area is 110 Å². The van der Waals surface area contributed by atoms with Crippen LogP contribution >= 0.6 is 0 Å². The Morgan fingerprint density at radius 3 is 2.94 bits per heavy atom. The van der Waals surface area contributed by atoms with Crippen molar-refractivity contribution in [1.29, 1.82) is 0 Å². The molecular weight excluding hydrogens is 224 g/mol. The van der Waals surface area contributed by atoms with E-state index in [9.17, 15) is 0 Å². The van der Waals surface area contributed by atoms with Gasteiger partial charge in [0, 0.05) is 45.0 Å². The number of hydrogen-bond acceptors (Lipinski definition) is 3. The van der Waals surface area contributed by atoms with Gasteiger partial charge in [-0.25, -0.2) is 4.98 Å². The molecule has 1 aromatic rings. The summed E-state index contributed by atoms with van der Waals surface area (Å²) in [6.07, 6.45) is 7.51. The van der Waals surface area contributed by atoms with Crippen molar-refractivity contribution in [3.05, 3.63) is 18.2 Å². The number of piperidine rings is 1. The minimum absolute atomic E-state index is 0.708. The third-order valence-corrected chi connectivity index (χ3v) is 4.29. The van der Waals surface area contributed by atoms with Crippen LogP contribution in [0.2, 0.25) is 0 Å². The van der Waals surface area contributed by atoms with E-state index in [-0.39, 0.29) is 0 Å². The van der Waals surface area contributed by atoms with Crippen molar-refractivity contribution in [1.82, 2.24) is 19.8 Å². The smallest absolute Gasteiger partial charge is 0.109 e. The summed E-state index contributed by atoms with van der Waals surface area (Å²) >= 11 is 0. The number of nitrogens with zero attached hydrogens (tertiary/aromatic N) is 3. The monoisotopic (exact) mass is 250 g/mol. The molecule has 102 valence electrons. The van der Waals surface area contributed by atoms with E-state index in [0.717, 1.165) is 18.9 Å². The zero-order valence-electron chi connectivity index (χ0n) is 11.9. The van der Waals surface area contributed by atoms with Crippen LogP contribution in [0.25, 0.3) is 0 Å². The molecule has 1 aliphatic heterocycles. The van der Waals surface area contributed by atoms with Crippen molar-refractivity contribution in [2.24, 2.45) is 13.0 Å². The molecule has 4 nitrogen and oxygen atoms in total. The number of hydrogen-bond donors (Lipinski definition) is 1. The van der Waals surface area contributed by atoms with E-state index in [1.165, 1.54) is 31.8 Å². The molecule has 0 saturated carbocycles. The predicted octanol–water partition coefficient (Wildman–Crippen LogP) is 1.28. The topological polar surface area (TPSA) is 33.1 Å². The Morgan fingerprint density at radius 1 is 1.50 bits per heavy atom. The summed E-state index contributed by atoms with van der Waals surface area (Å²) in [5, 5.41) is 3.46.